The Morgan fingerprint density at radius 2 is 1.41 bits per heavy atom. The van der Waals surface area contributed by atoms with Crippen LogP contribution in [0.5, 0.6) is 5.75 Å². The molecular weight excluding hydrogens is 576 g/mol. The zero-order valence-electron chi connectivity index (χ0n) is 24.4. The molecule has 1 unspecified atom stereocenters. The Morgan fingerprint density at radius 1 is 0.750 bits per heavy atom. The zero-order chi connectivity index (χ0) is 31.5. The van der Waals surface area contributed by atoms with Crippen LogP contribution in [0.15, 0.2) is 114 Å². The fraction of sp³-hybridized carbons (Fsp3) is 0.118. The van der Waals surface area contributed by atoms with E-state index < -0.39 is 17.1 Å². The Morgan fingerprint density at radius 3 is 2.09 bits per heavy atom. The minimum Gasteiger partial charge on any atom is -0.496 e. The van der Waals surface area contributed by atoms with Gasteiger partial charge in [0.05, 0.1) is 12.4 Å². The van der Waals surface area contributed by atoms with Crippen molar-refractivity contribution < 1.29 is 23.9 Å². The predicted octanol–water partition coefficient (Wildman–Crippen LogP) is 6.18. The number of ether oxygens (including phenoxy) is 1. The predicted molar refractivity (Wildman–Crippen MR) is 175 cm³/mol. The molecule has 10 heteroatoms. The highest BCUT2D eigenvalue weighted by molar-refractivity contribution is 8.00. The number of hydrogen-bond donors (Lipinski definition) is 4. The maximum atomic E-state index is 13.5. The lowest BCUT2D eigenvalue weighted by atomic mass is 10.1. The molecule has 0 radical (unpaired) electrons. The van der Waals surface area contributed by atoms with E-state index in [0.29, 0.717) is 33.9 Å². The van der Waals surface area contributed by atoms with E-state index in [0.717, 1.165) is 4.90 Å². The number of anilines is 3. The third-order valence-electron chi connectivity index (χ3n) is 6.21. The number of hydrogen-bond acceptors (Lipinski definition) is 6. The normalized spacial score (nSPS) is 11.6. The number of rotatable bonds is 11. The molecule has 44 heavy (non-hydrogen) atoms. The molecule has 224 valence electrons. The fourth-order valence-electron chi connectivity index (χ4n) is 4.07. The summed E-state index contributed by atoms with van der Waals surface area (Å²) in [5.41, 5.74) is 2.77. The average molecular weight is 609 g/mol. The maximum Gasteiger partial charge on any atom is 0.272 e. The Labute approximate surface area is 260 Å². The SMILES string of the molecule is COc1ccccc1/C=C(/NC(=O)c1ccccc1)C(=O)Nc1cccc(SC(C)C(=O)Nc2ccc(NC(C)=O)cc2)c1. The van der Waals surface area contributed by atoms with Gasteiger partial charge in [0, 0.05) is 40.0 Å². The molecule has 0 bridgehead atoms. The first-order valence-electron chi connectivity index (χ1n) is 13.7. The van der Waals surface area contributed by atoms with Crippen molar-refractivity contribution in [3.05, 3.63) is 120 Å². The summed E-state index contributed by atoms with van der Waals surface area (Å²) in [4.78, 5) is 51.3. The van der Waals surface area contributed by atoms with Crippen molar-refractivity contribution in [2.75, 3.05) is 23.1 Å². The Bertz CT molecular complexity index is 1670. The van der Waals surface area contributed by atoms with Crippen LogP contribution in [0, 0.1) is 0 Å². The molecular formula is C34H32N4O5S. The van der Waals surface area contributed by atoms with Gasteiger partial charge in [-0.2, -0.15) is 0 Å². The van der Waals surface area contributed by atoms with E-state index in [1.165, 1.54) is 25.8 Å². The van der Waals surface area contributed by atoms with Crippen LogP contribution in [0.4, 0.5) is 17.1 Å². The van der Waals surface area contributed by atoms with Gasteiger partial charge >= 0.3 is 0 Å². The Kier molecular flexibility index (Phi) is 10.9. The zero-order valence-corrected chi connectivity index (χ0v) is 25.2. The van der Waals surface area contributed by atoms with Gasteiger partial charge in [0.25, 0.3) is 11.8 Å². The number of methoxy groups -OCH3 is 1. The second kappa shape index (κ2) is 15.2. The van der Waals surface area contributed by atoms with E-state index in [9.17, 15) is 19.2 Å². The monoisotopic (exact) mass is 608 g/mol. The van der Waals surface area contributed by atoms with E-state index >= 15 is 0 Å². The second-order valence-electron chi connectivity index (χ2n) is 9.61. The van der Waals surface area contributed by atoms with Gasteiger partial charge in [-0.25, -0.2) is 0 Å². The number of carbonyl (C=O) groups excluding carboxylic acids is 4. The summed E-state index contributed by atoms with van der Waals surface area (Å²) in [6, 6.07) is 29.7. The van der Waals surface area contributed by atoms with Crippen LogP contribution in [0.1, 0.15) is 29.8 Å². The number of amides is 4. The van der Waals surface area contributed by atoms with E-state index in [1.54, 1.807) is 97.9 Å². The van der Waals surface area contributed by atoms with Crippen molar-refractivity contribution in [3.8, 4) is 5.75 Å². The van der Waals surface area contributed by atoms with Crippen LogP contribution in [-0.4, -0.2) is 36.0 Å². The molecule has 4 N–H and O–H groups in total. The van der Waals surface area contributed by atoms with Gasteiger partial charge in [-0.15, -0.1) is 11.8 Å². The summed E-state index contributed by atoms with van der Waals surface area (Å²) in [6.45, 7) is 3.21. The summed E-state index contributed by atoms with van der Waals surface area (Å²) < 4.78 is 5.42. The average Bonchev–Trinajstić information content (AvgIpc) is 3.02. The maximum absolute atomic E-state index is 13.5. The highest BCUT2D eigenvalue weighted by Crippen LogP contribution is 2.27. The number of para-hydroxylation sites is 1. The topological polar surface area (TPSA) is 126 Å². The summed E-state index contributed by atoms with van der Waals surface area (Å²) in [5, 5.41) is 10.7. The fourth-order valence-corrected chi connectivity index (χ4v) is 5.00. The molecule has 0 aliphatic rings. The van der Waals surface area contributed by atoms with Crippen molar-refractivity contribution in [3.63, 3.8) is 0 Å². The van der Waals surface area contributed by atoms with E-state index in [2.05, 4.69) is 21.3 Å². The first kappa shape index (κ1) is 31.6. The number of nitrogens with one attached hydrogen (secondary N) is 4. The smallest absolute Gasteiger partial charge is 0.272 e. The van der Waals surface area contributed by atoms with Crippen LogP contribution in [0.2, 0.25) is 0 Å². The third-order valence-corrected chi connectivity index (χ3v) is 7.31. The van der Waals surface area contributed by atoms with Crippen LogP contribution in [0.3, 0.4) is 0 Å². The summed E-state index contributed by atoms with van der Waals surface area (Å²) in [5.74, 6) is -0.805. The minimum absolute atomic E-state index is 0.0266. The van der Waals surface area contributed by atoms with Crippen molar-refractivity contribution in [1.29, 1.82) is 0 Å². The molecule has 4 rings (SSSR count). The molecule has 0 aliphatic carbocycles. The lowest BCUT2D eigenvalue weighted by Crippen LogP contribution is -2.30. The quantitative estimate of drug-likeness (QED) is 0.119. The van der Waals surface area contributed by atoms with Gasteiger partial charge in [-0.3, -0.25) is 19.2 Å². The molecule has 0 aromatic heterocycles. The minimum atomic E-state index is -0.532. The molecule has 4 aromatic rings. The largest absolute Gasteiger partial charge is 0.496 e. The van der Waals surface area contributed by atoms with Gasteiger partial charge in [0.1, 0.15) is 11.4 Å². The molecule has 0 heterocycles. The van der Waals surface area contributed by atoms with Gasteiger partial charge < -0.3 is 26.0 Å². The number of thioether (sulfide) groups is 1. The van der Waals surface area contributed by atoms with E-state index in [1.807, 2.05) is 18.2 Å². The van der Waals surface area contributed by atoms with Gasteiger partial charge in [0.15, 0.2) is 0 Å². The molecule has 4 amide bonds. The van der Waals surface area contributed by atoms with Gasteiger partial charge in [0.2, 0.25) is 11.8 Å². The first-order valence-corrected chi connectivity index (χ1v) is 14.6. The molecule has 0 fully saturated rings. The Hall–Kier alpha value is -5.35. The molecule has 4 aromatic carbocycles. The second-order valence-corrected chi connectivity index (χ2v) is 11.0. The van der Waals surface area contributed by atoms with Crippen molar-refractivity contribution >= 4 is 58.5 Å². The lowest BCUT2D eigenvalue weighted by Gasteiger charge is -2.15. The number of carbonyl (C=O) groups is 4. The van der Waals surface area contributed by atoms with Crippen LogP contribution >= 0.6 is 11.8 Å². The van der Waals surface area contributed by atoms with Crippen LogP contribution < -0.4 is 26.0 Å². The standard InChI is InChI=1S/C34H32N4O5S/c1-22(32(40)36-27-18-16-26(17-19-27)35-23(2)39)44-29-14-9-13-28(21-29)37-34(42)30(20-25-12-7-8-15-31(25)43-3)38-33(41)24-10-5-4-6-11-24/h4-22H,1-3H3,(H,35,39)(H,36,40)(H,37,42)(H,38,41)/b30-20+. The highest BCUT2D eigenvalue weighted by Gasteiger charge is 2.18. The van der Waals surface area contributed by atoms with E-state index in [-0.39, 0.29) is 17.5 Å². The van der Waals surface area contributed by atoms with Crippen molar-refractivity contribution in [2.24, 2.45) is 0 Å². The van der Waals surface area contributed by atoms with Gasteiger partial charge in [-0.05, 0) is 73.7 Å². The highest BCUT2D eigenvalue weighted by atomic mass is 32.2. The van der Waals surface area contributed by atoms with Crippen LogP contribution in [0.25, 0.3) is 6.08 Å². The summed E-state index contributed by atoms with van der Waals surface area (Å²) >= 11 is 1.33. The van der Waals surface area contributed by atoms with Crippen LogP contribution in [-0.2, 0) is 14.4 Å². The Balaban J connectivity index is 1.46. The third kappa shape index (κ3) is 9.07. The summed E-state index contributed by atoms with van der Waals surface area (Å²) in [6.07, 6.45) is 1.56. The molecule has 0 aliphatic heterocycles. The lowest BCUT2D eigenvalue weighted by molar-refractivity contribution is -0.115. The first-order chi connectivity index (χ1) is 21.2. The molecule has 0 saturated carbocycles. The van der Waals surface area contributed by atoms with Crippen molar-refractivity contribution in [2.45, 2.75) is 24.0 Å². The molecule has 9 nitrogen and oxygen atoms in total. The molecule has 0 spiro atoms. The van der Waals surface area contributed by atoms with Crippen molar-refractivity contribution in [1.82, 2.24) is 5.32 Å². The van der Waals surface area contributed by atoms with E-state index in [4.69, 9.17) is 4.74 Å². The molecule has 1 atom stereocenters. The summed E-state index contributed by atoms with van der Waals surface area (Å²) in [7, 11) is 1.53. The van der Waals surface area contributed by atoms with Gasteiger partial charge in [-0.1, -0.05) is 42.5 Å². The molecule has 0 saturated heterocycles. The number of benzene rings is 4.